The van der Waals surface area contributed by atoms with E-state index in [-0.39, 0.29) is 19.0 Å². The molecule has 1 aromatic rings. The summed E-state index contributed by atoms with van der Waals surface area (Å²) in [6.45, 7) is 1.18. The molecule has 18 heavy (non-hydrogen) atoms. The van der Waals surface area contributed by atoms with Gasteiger partial charge in [-0.15, -0.1) is 0 Å². The van der Waals surface area contributed by atoms with Crippen LogP contribution in [0.4, 0.5) is 4.79 Å². The summed E-state index contributed by atoms with van der Waals surface area (Å²) in [7, 11) is 0. The highest BCUT2D eigenvalue weighted by molar-refractivity contribution is 6.30. The van der Waals surface area contributed by atoms with E-state index in [0.29, 0.717) is 18.1 Å². The molecule has 2 N–H and O–H groups in total. The first-order chi connectivity index (χ1) is 8.56. The van der Waals surface area contributed by atoms with Crippen molar-refractivity contribution in [2.75, 3.05) is 6.54 Å². The summed E-state index contributed by atoms with van der Waals surface area (Å²) < 4.78 is 0. The molecule has 1 aliphatic rings. The van der Waals surface area contributed by atoms with Crippen LogP contribution >= 0.6 is 11.6 Å². The Balaban J connectivity index is 1.90. The third kappa shape index (κ3) is 2.92. The van der Waals surface area contributed by atoms with Gasteiger partial charge in [-0.05, 0) is 23.3 Å². The van der Waals surface area contributed by atoms with E-state index in [4.69, 9.17) is 16.7 Å². The number of benzene rings is 1. The Labute approximate surface area is 109 Å². The summed E-state index contributed by atoms with van der Waals surface area (Å²) in [5, 5.41) is 11.7. The van der Waals surface area contributed by atoms with Crippen LogP contribution in [0.3, 0.4) is 0 Å². The maximum atomic E-state index is 11.8. The summed E-state index contributed by atoms with van der Waals surface area (Å²) in [6, 6.07) is 5.30. The second-order valence-electron chi connectivity index (χ2n) is 4.14. The number of nitrogens with zero attached hydrogens (tertiary/aromatic N) is 1. The number of carboxylic acids is 1. The maximum Gasteiger partial charge on any atom is 0.318 e. The van der Waals surface area contributed by atoms with Gasteiger partial charge in [-0.25, -0.2) is 4.79 Å². The average Bonchev–Trinajstić information content (AvgIpc) is 2.71. The molecule has 2 amide bonds. The summed E-state index contributed by atoms with van der Waals surface area (Å²) in [6.07, 6.45) is -0.0711. The largest absolute Gasteiger partial charge is 0.481 e. The van der Waals surface area contributed by atoms with Crippen molar-refractivity contribution in [2.24, 2.45) is 0 Å². The topological polar surface area (TPSA) is 69.6 Å². The lowest BCUT2D eigenvalue weighted by atomic mass is 10.1. The number of urea groups is 1. The van der Waals surface area contributed by atoms with E-state index < -0.39 is 5.97 Å². The molecule has 0 unspecified atom stereocenters. The first kappa shape index (κ1) is 12.7. The van der Waals surface area contributed by atoms with Crippen LogP contribution in [0.5, 0.6) is 0 Å². The monoisotopic (exact) mass is 268 g/mol. The number of nitrogens with one attached hydrogen (secondary N) is 1. The molecular weight excluding hydrogens is 256 g/mol. The van der Waals surface area contributed by atoms with Gasteiger partial charge in [0.1, 0.15) is 0 Å². The fraction of sp³-hybridized carbons (Fsp3) is 0.333. The number of fused-ring (bicyclic) bond motifs is 1. The van der Waals surface area contributed by atoms with Crippen LogP contribution in [0.1, 0.15) is 17.5 Å². The van der Waals surface area contributed by atoms with Crippen molar-refractivity contribution >= 4 is 23.6 Å². The van der Waals surface area contributed by atoms with Crippen LogP contribution in [-0.2, 0) is 17.9 Å². The lowest BCUT2D eigenvalue weighted by molar-refractivity contribution is -0.136. The predicted octanol–water partition coefficient (Wildman–Crippen LogP) is 1.84. The van der Waals surface area contributed by atoms with Crippen molar-refractivity contribution in [3.05, 3.63) is 34.3 Å². The third-order valence-electron chi connectivity index (χ3n) is 2.79. The number of hydrogen-bond acceptors (Lipinski definition) is 2. The van der Waals surface area contributed by atoms with Crippen LogP contribution < -0.4 is 5.32 Å². The molecule has 0 fully saturated rings. The van der Waals surface area contributed by atoms with E-state index in [1.807, 2.05) is 12.1 Å². The minimum absolute atomic E-state index is 0.0711. The lowest BCUT2D eigenvalue weighted by Gasteiger charge is -2.15. The molecule has 0 spiro atoms. The molecule has 0 aromatic heterocycles. The quantitative estimate of drug-likeness (QED) is 0.879. The average molecular weight is 269 g/mol. The molecular formula is C12H13ClN2O3. The Hall–Kier alpha value is -1.75. The van der Waals surface area contributed by atoms with Crippen molar-refractivity contribution in [1.29, 1.82) is 0 Å². The fourth-order valence-electron chi connectivity index (χ4n) is 1.89. The molecule has 0 atom stereocenters. The molecule has 2 rings (SSSR count). The minimum Gasteiger partial charge on any atom is -0.481 e. The number of rotatable bonds is 3. The van der Waals surface area contributed by atoms with Gasteiger partial charge >= 0.3 is 12.0 Å². The van der Waals surface area contributed by atoms with E-state index in [9.17, 15) is 9.59 Å². The summed E-state index contributed by atoms with van der Waals surface area (Å²) >= 11 is 5.88. The van der Waals surface area contributed by atoms with Gasteiger partial charge in [0.05, 0.1) is 6.42 Å². The zero-order valence-electron chi connectivity index (χ0n) is 9.65. The molecule has 0 saturated carbocycles. The molecule has 1 heterocycles. The second kappa shape index (κ2) is 5.27. The van der Waals surface area contributed by atoms with Crippen molar-refractivity contribution in [3.8, 4) is 0 Å². The molecule has 0 aliphatic carbocycles. The van der Waals surface area contributed by atoms with E-state index in [2.05, 4.69) is 5.32 Å². The number of carboxylic acid groups (broad SMARTS) is 1. The molecule has 0 radical (unpaired) electrons. The van der Waals surface area contributed by atoms with Crippen LogP contribution in [0, 0.1) is 0 Å². The standard InChI is InChI=1S/C12H13ClN2O3/c13-10-2-1-8-6-15(7-9(8)5-10)12(18)14-4-3-11(16)17/h1-2,5H,3-4,6-7H2,(H,14,18)(H,16,17). The van der Waals surface area contributed by atoms with E-state index in [0.717, 1.165) is 11.1 Å². The Kier molecular flexibility index (Phi) is 3.72. The number of carbonyl (C=O) groups excluding carboxylic acids is 1. The first-order valence-electron chi connectivity index (χ1n) is 5.58. The number of halogens is 1. The Morgan fingerprint density at radius 1 is 1.33 bits per heavy atom. The molecule has 1 aliphatic heterocycles. The van der Waals surface area contributed by atoms with Crippen LogP contribution in [0.15, 0.2) is 18.2 Å². The summed E-state index contributed by atoms with van der Waals surface area (Å²) in [5.74, 6) is -0.924. The second-order valence-corrected chi connectivity index (χ2v) is 4.58. The molecule has 96 valence electrons. The number of hydrogen-bond donors (Lipinski definition) is 2. The highest BCUT2D eigenvalue weighted by Crippen LogP contribution is 2.25. The predicted molar refractivity (Wildman–Crippen MR) is 66.4 cm³/mol. The zero-order valence-corrected chi connectivity index (χ0v) is 10.4. The van der Waals surface area contributed by atoms with Crippen molar-refractivity contribution < 1.29 is 14.7 Å². The highest BCUT2D eigenvalue weighted by atomic mass is 35.5. The van der Waals surface area contributed by atoms with Gasteiger partial charge in [-0.1, -0.05) is 17.7 Å². The smallest absolute Gasteiger partial charge is 0.318 e. The number of amides is 2. The molecule has 1 aromatic carbocycles. The van der Waals surface area contributed by atoms with Crippen molar-refractivity contribution in [2.45, 2.75) is 19.5 Å². The maximum absolute atomic E-state index is 11.8. The van der Waals surface area contributed by atoms with Gasteiger partial charge in [0.15, 0.2) is 0 Å². The van der Waals surface area contributed by atoms with Crippen molar-refractivity contribution in [3.63, 3.8) is 0 Å². The van der Waals surface area contributed by atoms with Gasteiger partial charge in [0.2, 0.25) is 0 Å². The van der Waals surface area contributed by atoms with E-state index >= 15 is 0 Å². The van der Waals surface area contributed by atoms with Gasteiger partial charge in [0.25, 0.3) is 0 Å². The normalized spacial score (nSPS) is 13.3. The van der Waals surface area contributed by atoms with Crippen LogP contribution in [0.25, 0.3) is 0 Å². The van der Waals surface area contributed by atoms with Gasteiger partial charge in [-0.3, -0.25) is 4.79 Å². The van der Waals surface area contributed by atoms with Gasteiger partial charge in [0, 0.05) is 24.7 Å². The Morgan fingerprint density at radius 2 is 2.06 bits per heavy atom. The van der Waals surface area contributed by atoms with Gasteiger partial charge in [-0.2, -0.15) is 0 Å². The zero-order chi connectivity index (χ0) is 13.1. The van der Waals surface area contributed by atoms with Crippen LogP contribution in [0.2, 0.25) is 5.02 Å². The highest BCUT2D eigenvalue weighted by Gasteiger charge is 2.23. The molecule has 0 bridgehead atoms. The van der Waals surface area contributed by atoms with Crippen molar-refractivity contribution in [1.82, 2.24) is 10.2 Å². The van der Waals surface area contributed by atoms with E-state index in [1.165, 1.54) is 0 Å². The fourth-order valence-corrected chi connectivity index (χ4v) is 2.09. The van der Waals surface area contributed by atoms with Gasteiger partial charge < -0.3 is 15.3 Å². The molecule has 0 saturated heterocycles. The SMILES string of the molecule is O=C(O)CCNC(=O)N1Cc2ccc(Cl)cc2C1. The number of aliphatic carboxylic acids is 1. The lowest BCUT2D eigenvalue weighted by Crippen LogP contribution is -2.37. The summed E-state index contributed by atoms with van der Waals surface area (Å²) in [5.41, 5.74) is 2.11. The van der Waals surface area contributed by atoms with Crippen LogP contribution in [-0.4, -0.2) is 28.6 Å². The Bertz CT molecular complexity index is 490. The molecule has 5 nitrogen and oxygen atoms in total. The summed E-state index contributed by atoms with van der Waals surface area (Å²) in [4.78, 5) is 23.7. The minimum atomic E-state index is -0.924. The third-order valence-corrected chi connectivity index (χ3v) is 3.03. The number of carbonyl (C=O) groups is 2. The molecule has 6 heteroatoms. The Morgan fingerprint density at radius 3 is 2.78 bits per heavy atom. The first-order valence-corrected chi connectivity index (χ1v) is 5.96. The van der Waals surface area contributed by atoms with E-state index in [1.54, 1.807) is 11.0 Å².